The number of aromatic nitrogens is 1. The van der Waals surface area contributed by atoms with Gasteiger partial charge < -0.3 is 20.1 Å². The highest BCUT2D eigenvalue weighted by molar-refractivity contribution is 5.66. The highest BCUT2D eigenvalue weighted by atomic mass is 16.5. The molecule has 1 saturated carbocycles. The fourth-order valence-corrected chi connectivity index (χ4v) is 4.31. The zero-order chi connectivity index (χ0) is 22.4. The van der Waals surface area contributed by atoms with Crippen LogP contribution >= 0.6 is 0 Å². The first-order valence-corrected chi connectivity index (χ1v) is 11.1. The fraction of sp³-hybridized carbons (Fsp3) is 0.520. The van der Waals surface area contributed by atoms with Crippen molar-refractivity contribution in [3.8, 4) is 16.9 Å². The van der Waals surface area contributed by atoms with Crippen LogP contribution in [0.4, 0.5) is 4.79 Å². The molecule has 1 aromatic heterocycles. The van der Waals surface area contributed by atoms with Crippen LogP contribution in [-0.2, 0) is 6.54 Å². The molecule has 0 unspecified atom stereocenters. The van der Waals surface area contributed by atoms with Gasteiger partial charge in [-0.15, -0.1) is 0 Å². The molecule has 6 nitrogen and oxygen atoms in total. The van der Waals surface area contributed by atoms with Gasteiger partial charge >= 0.3 is 6.09 Å². The molecule has 1 aliphatic rings. The van der Waals surface area contributed by atoms with Crippen molar-refractivity contribution in [1.82, 2.24) is 15.2 Å². The summed E-state index contributed by atoms with van der Waals surface area (Å²) in [7, 11) is 1.69. The molecule has 31 heavy (non-hydrogen) atoms. The van der Waals surface area contributed by atoms with E-state index in [1.807, 2.05) is 18.2 Å². The smallest absolute Gasteiger partial charge is 0.407 e. The van der Waals surface area contributed by atoms with Gasteiger partial charge in [-0.05, 0) is 78.1 Å². The molecular weight excluding hydrogens is 390 g/mol. The summed E-state index contributed by atoms with van der Waals surface area (Å²) in [5.74, 6) is 0.842. The molecule has 0 aliphatic heterocycles. The zero-order valence-electron chi connectivity index (χ0n) is 19.1. The SMILES string of the molecule is COc1cc(CNC2CCC(N(CC(C)(C)C)C(=O)O)CC2)cc(-c2ccncc2)c1. The van der Waals surface area contributed by atoms with Crippen molar-refractivity contribution in [1.29, 1.82) is 0 Å². The number of carbonyl (C=O) groups is 1. The number of ether oxygens (including phenoxy) is 1. The Labute approximate surface area is 185 Å². The minimum atomic E-state index is -0.800. The quantitative estimate of drug-likeness (QED) is 0.639. The van der Waals surface area contributed by atoms with Crippen LogP contribution in [0, 0.1) is 5.41 Å². The molecular formula is C25H35N3O3. The summed E-state index contributed by atoms with van der Waals surface area (Å²) >= 11 is 0. The number of nitrogens with zero attached hydrogens (tertiary/aromatic N) is 2. The van der Waals surface area contributed by atoms with Crippen molar-refractivity contribution in [2.45, 2.75) is 65.1 Å². The van der Waals surface area contributed by atoms with Gasteiger partial charge in [-0.3, -0.25) is 4.98 Å². The maximum absolute atomic E-state index is 11.8. The molecule has 1 heterocycles. The van der Waals surface area contributed by atoms with Crippen molar-refractivity contribution >= 4 is 6.09 Å². The molecule has 0 spiro atoms. The molecule has 2 aromatic rings. The summed E-state index contributed by atoms with van der Waals surface area (Å²) in [6.45, 7) is 7.60. The lowest BCUT2D eigenvalue weighted by Gasteiger charge is -2.38. The van der Waals surface area contributed by atoms with Gasteiger partial charge in [0.05, 0.1) is 7.11 Å². The van der Waals surface area contributed by atoms with E-state index in [9.17, 15) is 9.90 Å². The first-order valence-electron chi connectivity index (χ1n) is 11.1. The number of hydrogen-bond acceptors (Lipinski definition) is 4. The van der Waals surface area contributed by atoms with Crippen molar-refractivity contribution in [2.75, 3.05) is 13.7 Å². The van der Waals surface area contributed by atoms with Crippen LogP contribution in [0.25, 0.3) is 11.1 Å². The van der Waals surface area contributed by atoms with Crippen LogP contribution in [0.5, 0.6) is 5.75 Å². The van der Waals surface area contributed by atoms with E-state index in [0.29, 0.717) is 12.6 Å². The van der Waals surface area contributed by atoms with Crippen LogP contribution in [0.1, 0.15) is 52.0 Å². The number of rotatable bonds is 7. The molecule has 0 bridgehead atoms. The van der Waals surface area contributed by atoms with Crippen LogP contribution in [-0.4, -0.2) is 46.8 Å². The summed E-state index contributed by atoms with van der Waals surface area (Å²) in [5, 5.41) is 13.3. The minimum Gasteiger partial charge on any atom is -0.497 e. The lowest BCUT2D eigenvalue weighted by molar-refractivity contribution is 0.0847. The van der Waals surface area contributed by atoms with Crippen LogP contribution in [0.2, 0.25) is 0 Å². The van der Waals surface area contributed by atoms with Gasteiger partial charge in [0.25, 0.3) is 0 Å². The molecule has 6 heteroatoms. The third-order valence-corrected chi connectivity index (χ3v) is 5.84. The summed E-state index contributed by atoms with van der Waals surface area (Å²) in [6.07, 6.45) is 6.57. The Kier molecular flexibility index (Phi) is 7.55. The van der Waals surface area contributed by atoms with Gasteiger partial charge in [0.2, 0.25) is 0 Å². The van der Waals surface area contributed by atoms with E-state index in [4.69, 9.17) is 4.74 Å². The fourth-order valence-electron chi connectivity index (χ4n) is 4.31. The molecule has 0 saturated heterocycles. The Morgan fingerprint density at radius 1 is 1.13 bits per heavy atom. The highest BCUT2D eigenvalue weighted by Gasteiger charge is 2.31. The Bertz CT molecular complexity index is 856. The molecule has 1 amide bonds. The molecule has 0 radical (unpaired) electrons. The van der Waals surface area contributed by atoms with Gasteiger partial charge in [-0.25, -0.2) is 4.79 Å². The molecule has 2 N–H and O–H groups in total. The number of carboxylic acid groups (broad SMARTS) is 1. The lowest BCUT2D eigenvalue weighted by Crippen LogP contribution is -2.47. The Morgan fingerprint density at radius 2 is 1.81 bits per heavy atom. The van der Waals surface area contributed by atoms with E-state index < -0.39 is 6.09 Å². The highest BCUT2D eigenvalue weighted by Crippen LogP contribution is 2.28. The average molecular weight is 426 g/mol. The van der Waals surface area contributed by atoms with Crippen molar-refractivity contribution in [3.05, 3.63) is 48.3 Å². The van der Waals surface area contributed by atoms with Gasteiger partial charge in [0.15, 0.2) is 0 Å². The van der Waals surface area contributed by atoms with Gasteiger partial charge in [-0.1, -0.05) is 20.8 Å². The van der Waals surface area contributed by atoms with Crippen molar-refractivity contribution < 1.29 is 14.6 Å². The number of pyridine rings is 1. The van der Waals surface area contributed by atoms with E-state index in [1.165, 1.54) is 5.56 Å². The largest absolute Gasteiger partial charge is 0.497 e. The zero-order valence-corrected chi connectivity index (χ0v) is 19.1. The van der Waals surface area contributed by atoms with E-state index >= 15 is 0 Å². The van der Waals surface area contributed by atoms with Gasteiger partial charge in [0.1, 0.15) is 5.75 Å². The number of benzene rings is 1. The van der Waals surface area contributed by atoms with Crippen LogP contribution in [0.15, 0.2) is 42.7 Å². The van der Waals surface area contributed by atoms with E-state index in [2.05, 4.69) is 43.2 Å². The normalized spacial score (nSPS) is 19.1. The summed E-state index contributed by atoms with van der Waals surface area (Å²) in [4.78, 5) is 17.5. The maximum atomic E-state index is 11.8. The third-order valence-electron chi connectivity index (χ3n) is 5.84. The number of amides is 1. The van der Waals surface area contributed by atoms with Crippen molar-refractivity contribution in [3.63, 3.8) is 0 Å². The summed E-state index contributed by atoms with van der Waals surface area (Å²) < 4.78 is 5.51. The standard InChI is InChI=1S/C25H35N3O3/c1-25(2,3)17-28(24(29)30)22-7-5-21(6-8-22)27-16-18-13-20(15-23(14-18)31-4)19-9-11-26-12-10-19/h9-15,21-22,27H,5-8,16-17H2,1-4H3,(H,29,30). The van der Waals surface area contributed by atoms with Crippen LogP contribution in [0.3, 0.4) is 0 Å². The van der Waals surface area contributed by atoms with Gasteiger partial charge in [-0.2, -0.15) is 0 Å². The second-order valence-electron chi connectivity index (χ2n) is 9.66. The predicted molar refractivity (Wildman–Crippen MR) is 123 cm³/mol. The topological polar surface area (TPSA) is 74.7 Å². The van der Waals surface area contributed by atoms with E-state index in [1.54, 1.807) is 24.4 Å². The van der Waals surface area contributed by atoms with E-state index in [-0.39, 0.29) is 11.5 Å². The number of methoxy groups -OCH3 is 1. The molecule has 168 valence electrons. The first kappa shape index (κ1) is 23.1. The summed E-state index contributed by atoms with van der Waals surface area (Å²) in [5.41, 5.74) is 3.37. The second kappa shape index (κ2) is 10.1. The molecule has 3 rings (SSSR count). The van der Waals surface area contributed by atoms with Gasteiger partial charge in [0, 0.05) is 37.6 Å². The minimum absolute atomic E-state index is 0.0353. The predicted octanol–water partition coefficient (Wildman–Crippen LogP) is 5.18. The molecule has 1 fully saturated rings. The average Bonchev–Trinajstić information content (AvgIpc) is 2.76. The Morgan fingerprint density at radius 3 is 2.39 bits per heavy atom. The molecule has 1 aliphatic carbocycles. The third kappa shape index (κ3) is 6.69. The lowest BCUT2D eigenvalue weighted by atomic mass is 9.88. The second-order valence-corrected chi connectivity index (χ2v) is 9.66. The number of hydrogen-bond donors (Lipinski definition) is 2. The van der Waals surface area contributed by atoms with E-state index in [0.717, 1.165) is 49.1 Å². The molecule has 1 aromatic carbocycles. The summed E-state index contributed by atoms with van der Waals surface area (Å²) in [6, 6.07) is 10.8. The van der Waals surface area contributed by atoms with Crippen molar-refractivity contribution in [2.24, 2.45) is 5.41 Å². The molecule has 0 atom stereocenters. The maximum Gasteiger partial charge on any atom is 0.407 e. The monoisotopic (exact) mass is 425 g/mol. The number of nitrogens with one attached hydrogen (secondary N) is 1. The first-order chi connectivity index (χ1) is 14.7. The Balaban J connectivity index is 1.59. The Hall–Kier alpha value is -2.60. The van der Waals surface area contributed by atoms with Crippen LogP contribution < -0.4 is 10.1 Å².